The van der Waals surface area contributed by atoms with Crippen molar-refractivity contribution in [2.45, 2.75) is 0 Å². The fourth-order valence-electron chi connectivity index (χ4n) is 2.67. The lowest BCUT2D eigenvalue weighted by atomic mass is 10.0. The Balaban J connectivity index is 2.02. The van der Waals surface area contributed by atoms with Crippen LogP contribution in [0.25, 0.3) is 0 Å². The lowest BCUT2D eigenvalue weighted by Crippen LogP contribution is -2.23. The molecule has 28 heavy (non-hydrogen) atoms. The molecule has 0 aliphatic carbocycles. The topological polar surface area (TPSA) is 83.0 Å². The number of ether oxygens (including phenoxy) is 2. The van der Waals surface area contributed by atoms with Gasteiger partial charge >= 0.3 is 0 Å². The molecular weight excluding hydrogens is 356 g/mol. The van der Waals surface area contributed by atoms with E-state index in [-0.39, 0.29) is 5.56 Å². The Labute approximate surface area is 163 Å². The van der Waals surface area contributed by atoms with Crippen LogP contribution in [0.15, 0.2) is 77.9 Å². The number of aromatic carboxylic acids is 1. The molecule has 3 aromatic rings. The third-order valence-electron chi connectivity index (χ3n) is 4.16. The molecule has 1 N–H and O–H groups in total. The quantitative estimate of drug-likeness (QED) is 0.507. The second kappa shape index (κ2) is 8.73. The lowest BCUT2D eigenvalue weighted by molar-refractivity contribution is -0.254. The number of hydrogen-bond acceptors (Lipinski definition) is 6. The number of nitrogens with zero attached hydrogens (tertiary/aromatic N) is 1. The fraction of sp³-hybridized carbons (Fsp3) is 0.0909. The number of para-hydroxylation sites is 1. The molecule has 0 aliphatic heterocycles. The number of carboxylic acids is 1. The van der Waals surface area contributed by atoms with Gasteiger partial charge in [-0.1, -0.05) is 18.2 Å². The van der Waals surface area contributed by atoms with Crippen LogP contribution in [0.2, 0.25) is 0 Å². The van der Waals surface area contributed by atoms with E-state index < -0.39 is 5.97 Å². The summed E-state index contributed by atoms with van der Waals surface area (Å²) in [4.78, 5) is 11.3. The van der Waals surface area contributed by atoms with Crippen molar-refractivity contribution in [2.24, 2.45) is 5.10 Å². The second-order valence-corrected chi connectivity index (χ2v) is 5.86. The molecule has 3 aromatic carbocycles. The maximum Gasteiger partial charge on any atom is 0.118 e. The standard InChI is InChI=1S/C22H20N2O4/c1-27-17-11-7-15(8-12-17)21(16-9-13-18(28-2)14-10-16)24-23-20-6-4-3-5-19(20)22(25)26/h3-14,23H,1-2H3,(H,25,26)/p-1. The number of rotatable bonds is 7. The molecule has 0 atom stereocenters. The molecule has 0 aromatic heterocycles. The molecule has 142 valence electrons. The molecule has 0 bridgehead atoms. The molecule has 0 saturated carbocycles. The van der Waals surface area contributed by atoms with Crippen LogP contribution in [-0.2, 0) is 0 Å². The van der Waals surface area contributed by atoms with Crippen molar-refractivity contribution < 1.29 is 19.4 Å². The first-order chi connectivity index (χ1) is 13.6. The number of carbonyl (C=O) groups excluding carboxylic acids is 1. The minimum absolute atomic E-state index is 0.0371. The van der Waals surface area contributed by atoms with Gasteiger partial charge in [-0.15, -0.1) is 0 Å². The average Bonchev–Trinajstić information content (AvgIpc) is 2.75. The van der Waals surface area contributed by atoms with E-state index in [9.17, 15) is 9.90 Å². The Kier molecular flexibility index (Phi) is 5.91. The third kappa shape index (κ3) is 4.29. The SMILES string of the molecule is COc1ccc(C(=NNc2ccccc2C(=O)[O-])c2ccc(OC)cc2)cc1. The Bertz CT molecular complexity index is 931. The molecule has 0 saturated heterocycles. The van der Waals surface area contributed by atoms with Crippen LogP contribution in [-0.4, -0.2) is 25.9 Å². The van der Waals surface area contributed by atoms with Crippen LogP contribution in [0, 0.1) is 0 Å². The van der Waals surface area contributed by atoms with Crippen LogP contribution in [0.3, 0.4) is 0 Å². The Morgan fingerprint density at radius 1 is 0.821 bits per heavy atom. The van der Waals surface area contributed by atoms with Crippen molar-refractivity contribution in [3.8, 4) is 11.5 Å². The first-order valence-electron chi connectivity index (χ1n) is 8.55. The normalized spacial score (nSPS) is 10.1. The zero-order chi connectivity index (χ0) is 19.9. The second-order valence-electron chi connectivity index (χ2n) is 5.86. The number of hydrazone groups is 1. The maximum atomic E-state index is 11.3. The first kappa shape index (κ1) is 19.0. The highest BCUT2D eigenvalue weighted by Crippen LogP contribution is 2.20. The Morgan fingerprint density at radius 2 is 1.32 bits per heavy atom. The van der Waals surface area contributed by atoms with Gasteiger partial charge in [0.2, 0.25) is 0 Å². The van der Waals surface area contributed by atoms with Gasteiger partial charge in [0, 0.05) is 16.7 Å². The van der Waals surface area contributed by atoms with E-state index in [2.05, 4.69) is 10.5 Å². The summed E-state index contributed by atoms with van der Waals surface area (Å²) in [5.41, 5.74) is 5.55. The summed E-state index contributed by atoms with van der Waals surface area (Å²) < 4.78 is 10.4. The molecule has 0 fully saturated rings. The van der Waals surface area contributed by atoms with Crippen LogP contribution < -0.4 is 20.0 Å². The van der Waals surface area contributed by atoms with Crippen LogP contribution in [0.5, 0.6) is 11.5 Å². The van der Waals surface area contributed by atoms with Crippen molar-refractivity contribution in [3.05, 3.63) is 89.5 Å². The minimum atomic E-state index is -1.27. The Morgan fingerprint density at radius 3 is 1.79 bits per heavy atom. The summed E-state index contributed by atoms with van der Waals surface area (Å²) in [6, 6.07) is 21.3. The van der Waals surface area contributed by atoms with Gasteiger partial charge in [-0.3, -0.25) is 5.43 Å². The fourth-order valence-corrected chi connectivity index (χ4v) is 2.67. The van der Waals surface area contributed by atoms with E-state index in [1.54, 1.807) is 32.4 Å². The van der Waals surface area contributed by atoms with E-state index in [1.165, 1.54) is 6.07 Å². The van der Waals surface area contributed by atoms with Crippen molar-refractivity contribution in [1.29, 1.82) is 0 Å². The monoisotopic (exact) mass is 375 g/mol. The van der Waals surface area contributed by atoms with Gasteiger partial charge in [0.1, 0.15) is 11.5 Å². The molecule has 0 radical (unpaired) electrons. The highest BCUT2D eigenvalue weighted by Gasteiger charge is 2.09. The predicted octanol–water partition coefficient (Wildman–Crippen LogP) is 2.93. The number of hydrogen-bond donors (Lipinski definition) is 1. The molecule has 0 unspecified atom stereocenters. The summed E-state index contributed by atoms with van der Waals surface area (Å²) in [5.74, 6) is 0.190. The van der Waals surface area contributed by atoms with Crippen LogP contribution in [0.1, 0.15) is 21.5 Å². The van der Waals surface area contributed by atoms with Gasteiger partial charge in [-0.2, -0.15) is 5.10 Å². The van der Waals surface area contributed by atoms with Gasteiger partial charge < -0.3 is 19.4 Å². The zero-order valence-electron chi connectivity index (χ0n) is 15.5. The molecule has 6 heteroatoms. The average molecular weight is 375 g/mol. The molecule has 0 spiro atoms. The molecule has 3 rings (SSSR count). The number of benzene rings is 3. The molecule has 6 nitrogen and oxygen atoms in total. The number of nitrogens with one attached hydrogen (secondary N) is 1. The summed E-state index contributed by atoms with van der Waals surface area (Å²) in [7, 11) is 3.21. The smallest absolute Gasteiger partial charge is 0.118 e. The zero-order valence-corrected chi connectivity index (χ0v) is 15.5. The van der Waals surface area contributed by atoms with Crippen molar-refractivity contribution in [1.82, 2.24) is 0 Å². The van der Waals surface area contributed by atoms with Crippen molar-refractivity contribution in [2.75, 3.05) is 19.6 Å². The number of carbonyl (C=O) groups is 1. The molecule has 0 heterocycles. The van der Waals surface area contributed by atoms with Gasteiger partial charge in [0.05, 0.1) is 31.6 Å². The van der Waals surface area contributed by atoms with Gasteiger partial charge in [-0.05, 0) is 54.6 Å². The van der Waals surface area contributed by atoms with E-state index in [0.29, 0.717) is 11.4 Å². The number of methoxy groups -OCH3 is 2. The highest BCUT2D eigenvalue weighted by atomic mass is 16.5. The number of carboxylic acid groups (broad SMARTS) is 1. The van der Waals surface area contributed by atoms with E-state index in [1.807, 2.05) is 48.5 Å². The van der Waals surface area contributed by atoms with Gasteiger partial charge in [0.15, 0.2) is 0 Å². The lowest BCUT2D eigenvalue weighted by Gasteiger charge is -2.12. The van der Waals surface area contributed by atoms with Gasteiger partial charge in [0.25, 0.3) is 0 Å². The minimum Gasteiger partial charge on any atom is -0.545 e. The van der Waals surface area contributed by atoms with Crippen LogP contribution in [0.4, 0.5) is 5.69 Å². The third-order valence-corrected chi connectivity index (χ3v) is 4.16. The van der Waals surface area contributed by atoms with Crippen LogP contribution >= 0.6 is 0 Å². The Hall–Kier alpha value is -3.80. The predicted molar refractivity (Wildman–Crippen MR) is 106 cm³/mol. The van der Waals surface area contributed by atoms with E-state index in [0.717, 1.165) is 22.6 Å². The van der Waals surface area contributed by atoms with Gasteiger partial charge in [-0.25, -0.2) is 0 Å². The van der Waals surface area contributed by atoms with Crippen molar-refractivity contribution >= 4 is 17.4 Å². The molecule has 0 amide bonds. The molecule has 0 aliphatic rings. The highest BCUT2D eigenvalue weighted by molar-refractivity contribution is 6.13. The summed E-state index contributed by atoms with van der Waals surface area (Å²) in [6.45, 7) is 0. The molecular formula is C22H19N2O4-. The summed E-state index contributed by atoms with van der Waals surface area (Å²) in [6.07, 6.45) is 0. The van der Waals surface area contributed by atoms with Crippen molar-refractivity contribution in [3.63, 3.8) is 0 Å². The van der Waals surface area contributed by atoms with E-state index in [4.69, 9.17) is 9.47 Å². The summed E-state index contributed by atoms with van der Waals surface area (Å²) in [5, 5.41) is 15.8. The largest absolute Gasteiger partial charge is 0.545 e. The number of anilines is 1. The first-order valence-corrected chi connectivity index (χ1v) is 8.55. The maximum absolute atomic E-state index is 11.3. The summed E-state index contributed by atoms with van der Waals surface area (Å²) >= 11 is 0. The van der Waals surface area contributed by atoms with E-state index >= 15 is 0 Å².